The van der Waals surface area contributed by atoms with Gasteiger partial charge in [0.05, 0.1) is 12.6 Å². The number of nitrogens with zero attached hydrogens (tertiary/aromatic N) is 1. The Bertz CT molecular complexity index is 458. The molecule has 2 aliphatic rings. The fourth-order valence-corrected chi connectivity index (χ4v) is 3.46. The van der Waals surface area contributed by atoms with Gasteiger partial charge in [0.1, 0.15) is 5.75 Å². The quantitative estimate of drug-likeness (QED) is 0.888. The van der Waals surface area contributed by atoms with Crippen LogP contribution in [0.5, 0.6) is 5.75 Å². The van der Waals surface area contributed by atoms with Gasteiger partial charge in [-0.3, -0.25) is 4.90 Å². The summed E-state index contributed by atoms with van der Waals surface area (Å²) in [6.45, 7) is 6.51. The zero-order valence-corrected chi connectivity index (χ0v) is 11.9. The molecular weight excluding hydrogens is 236 g/mol. The number of likely N-dealkylation sites (tertiary alicyclic amines) is 1. The second-order valence-electron chi connectivity index (χ2n) is 6.05. The van der Waals surface area contributed by atoms with Crippen LogP contribution < -0.4 is 10.5 Å². The van der Waals surface area contributed by atoms with Crippen molar-refractivity contribution in [2.24, 2.45) is 5.73 Å². The minimum absolute atomic E-state index is 0.247. The maximum atomic E-state index is 6.41. The van der Waals surface area contributed by atoms with Crippen LogP contribution in [0.3, 0.4) is 0 Å². The van der Waals surface area contributed by atoms with Crippen LogP contribution >= 0.6 is 0 Å². The molecule has 0 spiro atoms. The van der Waals surface area contributed by atoms with Crippen LogP contribution in [0.25, 0.3) is 0 Å². The molecule has 1 aromatic carbocycles. The molecular formula is C16H24N2O. The first-order valence-corrected chi connectivity index (χ1v) is 7.44. The monoisotopic (exact) mass is 260 g/mol. The number of nitrogens with two attached hydrogens (primary N) is 1. The normalized spacial score (nSPS) is 27.4. The third-order valence-corrected chi connectivity index (χ3v) is 4.43. The Kier molecular flexibility index (Phi) is 3.50. The van der Waals surface area contributed by atoms with Crippen molar-refractivity contribution in [2.45, 2.75) is 51.2 Å². The Morgan fingerprint density at radius 2 is 2.21 bits per heavy atom. The number of benzene rings is 1. The summed E-state index contributed by atoms with van der Waals surface area (Å²) in [6, 6.07) is 7.79. The van der Waals surface area contributed by atoms with Gasteiger partial charge in [0.15, 0.2) is 0 Å². The molecule has 19 heavy (non-hydrogen) atoms. The van der Waals surface area contributed by atoms with Crippen LogP contribution in [0.4, 0.5) is 0 Å². The van der Waals surface area contributed by atoms with Gasteiger partial charge >= 0.3 is 0 Å². The highest BCUT2D eigenvalue weighted by Crippen LogP contribution is 2.35. The Balaban J connectivity index is 1.93. The average molecular weight is 260 g/mol. The SMILES string of the molecule is CC(C)N1CCCC(N)C1c1ccc2c(c1)CCO2. The zero-order chi connectivity index (χ0) is 13.4. The molecule has 1 fully saturated rings. The molecule has 0 radical (unpaired) electrons. The first-order valence-electron chi connectivity index (χ1n) is 7.44. The molecule has 2 atom stereocenters. The highest BCUT2D eigenvalue weighted by molar-refractivity contribution is 5.41. The van der Waals surface area contributed by atoms with Crippen molar-refractivity contribution in [1.29, 1.82) is 0 Å². The Morgan fingerprint density at radius 1 is 1.37 bits per heavy atom. The van der Waals surface area contributed by atoms with Crippen LogP contribution in [-0.2, 0) is 6.42 Å². The number of piperidine rings is 1. The molecule has 104 valence electrons. The predicted octanol–water partition coefficient (Wildman–Crippen LogP) is 2.49. The summed E-state index contributed by atoms with van der Waals surface area (Å²) in [4.78, 5) is 2.55. The highest BCUT2D eigenvalue weighted by Gasteiger charge is 2.32. The Morgan fingerprint density at radius 3 is 3.00 bits per heavy atom. The summed E-state index contributed by atoms with van der Waals surface area (Å²) >= 11 is 0. The lowest BCUT2D eigenvalue weighted by molar-refractivity contribution is 0.0946. The maximum absolute atomic E-state index is 6.41. The fraction of sp³-hybridized carbons (Fsp3) is 0.625. The largest absolute Gasteiger partial charge is 0.493 e. The molecule has 0 amide bonds. The average Bonchev–Trinajstić information content (AvgIpc) is 2.85. The van der Waals surface area contributed by atoms with E-state index in [0.29, 0.717) is 12.1 Å². The van der Waals surface area contributed by atoms with Gasteiger partial charge in [-0.05, 0) is 50.4 Å². The van der Waals surface area contributed by atoms with Crippen molar-refractivity contribution in [3.8, 4) is 5.75 Å². The molecule has 1 aromatic rings. The standard InChI is InChI=1S/C16H24N2O/c1-11(2)18-8-3-4-14(17)16(18)13-5-6-15-12(10-13)7-9-19-15/h5-6,10-11,14,16H,3-4,7-9,17H2,1-2H3. The van der Waals surface area contributed by atoms with E-state index < -0.39 is 0 Å². The third kappa shape index (κ3) is 2.37. The van der Waals surface area contributed by atoms with Crippen molar-refractivity contribution in [3.05, 3.63) is 29.3 Å². The molecule has 3 heteroatoms. The minimum atomic E-state index is 0.247. The lowest BCUT2D eigenvalue weighted by Gasteiger charge is -2.42. The van der Waals surface area contributed by atoms with E-state index in [9.17, 15) is 0 Å². The topological polar surface area (TPSA) is 38.5 Å². The van der Waals surface area contributed by atoms with E-state index in [-0.39, 0.29) is 6.04 Å². The first kappa shape index (κ1) is 12.9. The highest BCUT2D eigenvalue weighted by atomic mass is 16.5. The van der Waals surface area contributed by atoms with E-state index in [1.807, 2.05) is 0 Å². The maximum Gasteiger partial charge on any atom is 0.122 e. The van der Waals surface area contributed by atoms with Gasteiger partial charge in [0.25, 0.3) is 0 Å². The first-order chi connectivity index (χ1) is 9.16. The number of ether oxygens (including phenoxy) is 1. The molecule has 2 N–H and O–H groups in total. The predicted molar refractivity (Wildman–Crippen MR) is 77.4 cm³/mol. The van der Waals surface area contributed by atoms with E-state index in [2.05, 4.69) is 36.9 Å². The zero-order valence-electron chi connectivity index (χ0n) is 11.9. The lowest BCUT2D eigenvalue weighted by Crippen LogP contribution is -2.48. The summed E-state index contributed by atoms with van der Waals surface area (Å²) in [6.07, 6.45) is 3.37. The molecule has 2 unspecified atom stereocenters. The van der Waals surface area contributed by atoms with E-state index in [1.165, 1.54) is 17.5 Å². The van der Waals surface area contributed by atoms with Gasteiger partial charge in [-0.2, -0.15) is 0 Å². The van der Waals surface area contributed by atoms with Crippen molar-refractivity contribution in [2.75, 3.05) is 13.2 Å². The summed E-state index contributed by atoms with van der Waals surface area (Å²) in [5.41, 5.74) is 9.12. The molecule has 0 bridgehead atoms. The van der Waals surface area contributed by atoms with E-state index in [0.717, 1.165) is 31.7 Å². The van der Waals surface area contributed by atoms with E-state index >= 15 is 0 Å². The molecule has 3 nitrogen and oxygen atoms in total. The van der Waals surface area contributed by atoms with Crippen molar-refractivity contribution in [3.63, 3.8) is 0 Å². The number of fused-ring (bicyclic) bond motifs is 1. The van der Waals surface area contributed by atoms with Crippen molar-refractivity contribution in [1.82, 2.24) is 4.90 Å². The lowest BCUT2D eigenvalue weighted by atomic mass is 9.89. The van der Waals surface area contributed by atoms with Gasteiger partial charge in [-0.1, -0.05) is 12.1 Å². The minimum Gasteiger partial charge on any atom is -0.493 e. The van der Waals surface area contributed by atoms with Crippen molar-refractivity contribution < 1.29 is 4.74 Å². The van der Waals surface area contributed by atoms with Gasteiger partial charge in [-0.15, -0.1) is 0 Å². The summed E-state index contributed by atoms with van der Waals surface area (Å²) in [7, 11) is 0. The molecule has 1 saturated heterocycles. The fourth-order valence-electron chi connectivity index (χ4n) is 3.46. The van der Waals surface area contributed by atoms with E-state index in [1.54, 1.807) is 0 Å². The van der Waals surface area contributed by atoms with Gasteiger partial charge < -0.3 is 10.5 Å². The molecule has 0 aromatic heterocycles. The summed E-state index contributed by atoms with van der Waals surface area (Å²) in [5.74, 6) is 1.06. The van der Waals surface area contributed by atoms with Crippen LogP contribution in [0.2, 0.25) is 0 Å². The van der Waals surface area contributed by atoms with Gasteiger partial charge in [0.2, 0.25) is 0 Å². The molecule has 3 rings (SSSR count). The van der Waals surface area contributed by atoms with Gasteiger partial charge in [0, 0.05) is 18.5 Å². The van der Waals surface area contributed by atoms with E-state index in [4.69, 9.17) is 10.5 Å². The second kappa shape index (κ2) is 5.14. The summed E-state index contributed by atoms with van der Waals surface area (Å²) in [5, 5.41) is 0. The van der Waals surface area contributed by atoms with Crippen LogP contribution in [0.1, 0.15) is 43.9 Å². The molecule has 2 heterocycles. The number of hydrogen-bond acceptors (Lipinski definition) is 3. The van der Waals surface area contributed by atoms with Crippen LogP contribution in [0.15, 0.2) is 18.2 Å². The molecule has 0 aliphatic carbocycles. The van der Waals surface area contributed by atoms with Gasteiger partial charge in [-0.25, -0.2) is 0 Å². The Hall–Kier alpha value is -1.06. The second-order valence-corrected chi connectivity index (χ2v) is 6.05. The summed E-state index contributed by atoms with van der Waals surface area (Å²) < 4.78 is 5.60. The van der Waals surface area contributed by atoms with Crippen LogP contribution in [0, 0.1) is 0 Å². The Labute approximate surface area is 115 Å². The number of hydrogen-bond donors (Lipinski definition) is 1. The molecule has 2 aliphatic heterocycles. The smallest absolute Gasteiger partial charge is 0.122 e. The van der Waals surface area contributed by atoms with Crippen LogP contribution in [-0.4, -0.2) is 30.1 Å². The number of rotatable bonds is 2. The van der Waals surface area contributed by atoms with Crippen molar-refractivity contribution >= 4 is 0 Å². The molecule has 0 saturated carbocycles. The third-order valence-electron chi connectivity index (χ3n) is 4.43.